The lowest BCUT2D eigenvalue weighted by Crippen LogP contribution is -2.21. The number of benzene rings is 1. The van der Waals surface area contributed by atoms with Gasteiger partial charge in [-0.25, -0.2) is 4.79 Å². The minimum absolute atomic E-state index is 0.0754. The van der Waals surface area contributed by atoms with Gasteiger partial charge in [0.1, 0.15) is 16.6 Å². The van der Waals surface area contributed by atoms with Crippen molar-refractivity contribution in [2.24, 2.45) is 0 Å². The van der Waals surface area contributed by atoms with Gasteiger partial charge < -0.3 is 24.4 Å². The molecule has 2 heterocycles. The van der Waals surface area contributed by atoms with Crippen molar-refractivity contribution >= 4 is 40.2 Å². The van der Waals surface area contributed by atoms with Gasteiger partial charge in [-0.3, -0.25) is 9.59 Å². The van der Waals surface area contributed by atoms with Crippen LogP contribution in [0, 0.1) is 18.3 Å². The van der Waals surface area contributed by atoms with Crippen LogP contribution in [0.15, 0.2) is 23.8 Å². The Labute approximate surface area is 182 Å². The maximum atomic E-state index is 12.8. The number of hydrogen-bond acceptors (Lipinski definition) is 8. The quantitative estimate of drug-likeness (QED) is 0.431. The average molecular weight is 441 g/mol. The summed E-state index contributed by atoms with van der Waals surface area (Å²) in [5, 5.41) is 12.2. The molecule has 0 bridgehead atoms. The first-order valence-corrected chi connectivity index (χ1v) is 9.84. The van der Waals surface area contributed by atoms with E-state index in [1.54, 1.807) is 39.2 Å². The SMILES string of the molecule is COC(=O)c1c(NC(=O)/C(C#N)=C/c2ccc3c(c2)OCO3)sc(C(=O)N(C)C)c1C. The zero-order valence-corrected chi connectivity index (χ0v) is 18.1. The van der Waals surface area contributed by atoms with E-state index < -0.39 is 11.9 Å². The normalized spacial score (nSPS) is 12.2. The molecule has 10 heteroatoms. The predicted molar refractivity (Wildman–Crippen MR) is 113 cm³/mol. The molecule has 1 aliphatic heterocycles. The Morgan fingerprint density at radius 2 is 1.97 bits per heavy atom. The molecule has 0 fully saturated rings. The Hall–Kier alpha value is -3.84. The molecule has 2 amide bonds. The van der Waals surface area contributed by atoms with Crippen molar-refractivity contribution in [3.05, 3.63) is 45.3 Å². The summed E-state index contributed by atoms with van der Waals surface area (Å²) in [5.41, 5.74) is 0.840. The molecule has 0 spiro atoms. The Morgan fingerprint density at radius 1 is 1.26 bits per heavy atom. The second kappa shape index (κ2) is 8.89. The van der Waals surface area contributed by atoms with Crippen molar-refractivity contribution in [3.63, 3.8) is 0 Å². The van der Waals surface area contributed by atoms with Crippen molar-refractivity contribution in [1.29, 1.82) is 5.26 Å². The second-order valence-electron chi connectivity index (χ2n) is 6.69. The topological polar surface area (TPSA) is 118 Å². The van der Waals surface area contributed by atoms with Gasteiger partial charge in [-0.15, -0.1) is 11.3 Å². The summed E-state index contributed by atoms with van der Waals surface area (Å²) in [6.07, 6.45) is 1.39. The number of carbonyl (C=O) groups excluding carboxylic acids is 3. The van der Waals surface area contributed by atoms with E-state index >= 15 is 0 Å². The minimum atomic E-state index is -0.726. The molecule has 3 rings (SSSR count). The molecule has 2 aromatic rings. The van der Waals surface area contributed by atoms with E-state index in [4.69, 9.17) is 14.2 Å². The first-order valence-electron chi connectivity index (χ1n) is 9.03. The molecule has 0 saturated heterocycles. The summed E-state index contributed by atoms with van der Waals surface area (Å²) in [5.74, 6) is -0.643. The number of thiophene rings is 1. The number of rotatable bonds is 5. The van der Waals surface area contributed by atoms with Crippen LogP contribution in [0.4, 0.5) is 5.00 Å². The Kier molecular flexibility index (Phi) is 6.27. The highest BCUT2D eigenvalue weighted by Gasteiger charge is 2.27. The van der Waals surface area contributed by atoms with Gasteiger partial charge in [-0.1, -0.05) is 6.07 Å². The third-order valence-corrected chi connectivity index (χ3v) is 5.63. The fourth-order valence-electron chi connectivity index (χ4n) is 2.85. The third-order valence-electron chi connectivity index (χ3n) is 4.44. The van der Waals surface area contributed by atoms with Gasteiger partial charge in [0.15, 0.2) is 11.5 Å². The van der Waals surface area contributed by atoms with Crippen LogP contribution in [0.2, 0.25) is 0 Å². The van der Waals surface area contributed by atoms with Gasteiger partial charge in [0.2, 0.25) is 6.79 Å². The Balaban J connectivity index is 1.94. The lowest BCUT2D eigenvalue weighted by Gasteiger charge is -2.08. The molecular weight excluding hydrogens is 422 g/mol. The molecule has 1 aliphatic rings. The standard InChI is InChI=1S/C21H19N3O6S/c1-11-16(21(27)28-4)19(31-17(11)20(26)24(2)3)23-18(25)13(9-22)7-12-5-6-14-15(8-12)30-10-29-14/h5-8H,10H2,1-4H3,(H,23,25)/b13-7+. The summed E-state index contributed by atoms with van der Waals surface area (Å²) >= 11 is 0.948. The first-order chi connectivity index (χ1) is 14.8. The molecule has 0 atom stereocenters. The summed E-state index contributed by atoms with van der Waals surface area (Å²) in [4.78, 5) is 39.1. The fourth-order valence-corrected chi connectivity index (χ4v) is 4.06. The van der Waals surface area contributed by atoms with Gasteiger partial charge in [-0.2, -0.15) is 5.26 Å². The van der Waals surface area contributed by atoms with Gasteiger partial charge >= 0.3 is 5.97 Å². The lowest BCUT2D eigenvalue weighted by atomic mass is 10.1. The van der Waals surface area contributed by atoms with Crippen LogP contribution in [0.3, 0.4) is 0 Å². The maximum absolute atomic E-state index is 12.8. The number of amides is 2. The van der Waals surface area contributed by atoms with Crippen LogP contribution in [-0.2, 0) is 9.53 Å². The highest BCUT2D eigenvalue weighted by Crippen LogP contribution is 2.35. The molecule has 1 aromatic carbocycles. The van der Waals surface area contributed by atoms with E-state index in [0.29, 0.717) is 27.5 Å². The van der Waals surface area contributed by atoms with E-state index in [1.165, 1.54) is 18.1 Å². The number of nitriles is 1. The highest BCUT2D eigenvalue weighted by molar-refractivity contribution is 7.18. The third kappa shape index (κ3) is 4.36. The number of fused-ring (bicyclic) bond motifs is 1. The number of esters is 1. The van der Waals surface area contributed by atoms with Gasteiger partial charge in [0.05, 0.1) is 17.6 Å². The maximum Gasteiger partial charge on any atom is 0.341 e. The summed E-state index contributed by atoms with van der Waals surface area (Å²) in [6, 6.07) is 6.86. The van der Waals surface area contributed by atoms with E-state index in [-0.39, 0.29) is 28.8 Å². The van der Waals surface area contributed by atoms with Crippen LogP contribution < -0.4 is 14.8 Å². The number of ether oxygens (including phenoxy) is 3. The average Bonchev–Trinajstić information content (AvgIpc) is 3.34. The molecule has 0 saturated carbocycles. The van der Waals surface area contributed by atoms with Crippen molar-refractivity contribution in [2.45, 2.75) is 6.92 Å². The van der Waals surface area contributed by atoms with Crippen LogP contribution in [0.1, 0.15) is 31.2 Å². The largest absolute Gasteiger partial charge is 0.465 e. The first kappa shape index (κ1) is 21.9. The van der Waals surface area contributed by atoms with E-state index in [9.17, 15) is 19.6 Å². The molecule has 9 nitrogen and oxygen atoms in total. The van der Waals surface area contributed by atoms with Crippen LogP contribution in [0.5, 0.6) is 11.5 Å². The van der Waals surface area contributed by atoms with Crippen LogP contribution in [0.25, 0.3) is 6.08 Å². The fraction of sp³-hybridized carbons (Fsp3) is 0.238. The smallest absolute Gasteiger partial charge is 0.341 e. The molecule has 0 unspecified atom stereocenters. The number of nitrogens with one attached hydrogen (secondary N) is 1. The molecule has 1 aromatic heterocycles. The van der Waals surface area contributed by atoms with E-state index in [1.807, 2.05) is 6.07 Å². The van der Waals surface area contributed by atoms with Crippen LogP contribution in [-0.4, -0.2) is 50.7 Å². The molecule has 0 aliphatic carbocycles. The molecule has 1 N–H and O–H groups in total. The molecule has 0 radical (unpaired) electrons. The van der Waals surface area contributed by atoms with Crippen molar-refractivity contribution in [3.8, 4) is 17.6 Å². The summed E-state index contributed by atoms with van der Waals surface area (Å²) < 4.78 is 15.4. The lowest BCUT2D eigenvalue weighted by molar-refractivity contribution is -0.112. The summed E-state index contributed by atoms with van der Waals surface area (Å²) in [6.45, 7) is 1.71. The predicted octanol–water partition coefficient (Wildman–Crippen LogP) is 2.82. The van der Waals surface area contributed by atoms with Crippen molar-refractivity contribution < 1.29 is 28.6 Å². The molecular formula is C21H19N3O6S. The highest BCUT2D eigenvalue weighted by atomic mass is 32.1. The van der Waals surface area contributed by atoms with Gasteiger partial charge in [0.25, 0.3) is 11.8 Å². The minimum Gasteiger partial charge on any atom is -0.465 e. The van der Waals surface area contributed by atoms with E-state index in [2.05, 4.69) is 5.32 Å². The zero-order chi connectivity index (χ0) is 22.7. The number of carbonyl (C=O) groups is 3. The van der Waals surface area contributed by atoms with Crippen molar-refractivity contribution in [2.75, 3.05) is 33.3 Å². The zero-order valence-electron chi connectivity index (χ0n) is 17.3. The monoisotopic (exact) mass is 441 g/mol. The van der Waals surface area contributed by atoms with Gasteiger partial charge in [-0.05, 0) is 36.3 Å². The molecule has 160 valence electrons. The van der Waals surface area contributed by atoms with Gasteiger partial charge in [0, 0.05) is 14.1 Å². The van der Waals surface area contributed by atoms with Crippen molar-refractivity contribution in [1.82, 2.24) is 4.90 Å². The van der Waals surface area contributed by atoms with Crippen LogP contribution >= 0.6 is 11.3 Å². The number of hydrogen-bond donors (Lipinski definition) is 1. The molecule has 31 heavy (non-hydrogen) atoms. The Bertz CT molecular complexity index is 1140. The number of methoxy groups -OCH3 is 1. The summed E-state index contributed by atoms with van der Waals surface area (Å²) in [7, 11) is 4.37. The number of anilines is 1. The second-order valence-corrected chi connectivity index (χ2v) is 7.71. The number of nitrogens with zero attached hydrogens (tertiary/aromatic N) is 2. The Morgan fingerprint density at radius 3 is 2.61 bits per heavy atom. The van der Waals surface area contributed by atoms with E-state index in [0.717, 1.165) is 11.3 Å².